The van der Waals surface area contributed by atoms with Crippen LogP contribution in [0.4, 0.5) is 4.79 Å². The van der Waals surface area contributed by atoms with Crippen molar-refractivity contribution in [3.05, 3.63) is 34.3 Å². The maximum Gasteiger partial charge on any atom is 0.410 e. The molecule has 6 heteroatoms. The van der Waals surface area contributed by atoms with Gasteiger partial charge in [0.2, 0.25) is 0 Å². The lowest BCUT2D eigenvalue weighted by molar-refractivity contribution is 0.0270. The Labute approximate surface area is 144 Å². The summed E-state index contributed by atoms with van der Waals surface area (Å²) < 4.78 is 6.50. The van der Waals surface area contributed by atoms with Crippen LogP contribution in [-0.4, -0.2) is 34.7 Å². The Morgan fingerprint density at radius 1 is 1.39 bits per heavy atom. The number of fused-ring (bicyclic) bond motifs is 1. The second-order valence-corrected chi connectivity index (χ2v) is 8.07. The molecule has 0 spiro atoms. The molecule has 0 radical (unpaired) electrons. The molecular weight excluding hydrogens is 332 g/mol. The van der Waals surface area contributed by atoms with Gasteiger partial charge < -0.3 is 9.64 Å². The minimum atomic E-state index is -0.461. The predicted molar refractivity (Wildman–Crippen MR) is 95.0 cm³/mol. The van der Waals surface area contributed by atoms with E-state index < -0.39 is 5.60 Å². The van der Waals surface area contributed by atoms with E-state index >= 15 is 0 Å². The van der Waals surface area contributed by atoms with Crippen molar-refractivity contribution in [1.82, 2.24) is 9.88 Å². The Bertz CT molecular complexity index is 776. The van der Waals surface area contributed by atoms with E-state index in [9.17, 15) is 4.79 Å². The minimum absolute atomic E-state index is 0.252. The largest absolute Gasteiger partial charge is 0.444 e. The lowest BCUT2D eigenvalue weighted by atomic mass is 10.1. The summed E-state index contributed by atoms with van der Waals surface area (Å²) in [6.45, 7) is 6.89. The maximum absolute atomic E-state index is 12.1. The van der Waals surface area contributed by atoms with Crippen molar-refractivity contribution < 1.29 is 9.53 Å². The van der Waals surface area contributed by atoms with E-state index in [0.29, 0.717) is 18.1 Å². The minimum Gasteiger partial charge on any atom is -0.444 e. The van der Waals surface area contributed by atoms with E-state index in [1.54, 1.807) is 22.4 Å². The van der Waals surface area contributed by atoms with Crippen LogP contribution in [0.15, 0.2) is 24.4 Å². The number of thiophene rings is 1. The fourth-order valence-electron chi connectivity index (χ4n) is 2.44. The first kappa shape index (κ1) is 16.3. The van der Waals surface area contributed by atoms with E-state index in [1.807, 2.05) is 26.8 Å². The zero-order chi connectivity index (χ0) is 16.6. The molecule has 1 aliphatic heterocycles. The van der Waals surface area contributed by atoms with Gasteiger partial charge in [0.25, 0.3) is 0 Å². The standard InChI is InChI=1S/C17H19ClN2O2S/c1-17(2,3)22-16(21)20-6-4-11(5-7-20)14-9-13-15(23-14)8-12(18)10-19-13/h4,8-10H,5-7H2,1-3H3. The van der Waals surface area contributed by atoms with Gasteiger partial charge >= 0.3 is 6.09 Å². The number of hydrogen-bond acceptors (Lipinski definition) is 4. The quantitative estimate of drug-likeness (QED) is 0.728. The van der Waals surface area contributed by atoms with Crippen LogP contribution in [0.1, 0.15) is 32.1 Å². The highest BCUT2D eigenvalue weighted by Crippen LogP contribution is 2.33. The Morgan fingerprint density at radius 2 is 2.17 bits per heavy atom. The first-order valence-corrected chi connectivity index (χ1v) is 8.74. The summed E-state index contributed by atoms with van der Waals surface area (Å²) >= 11 is 7.68. The molecule has 3 heterocycles. The summed E-state index contributed by atoms with van der Waals surface area (Å²) in [5.41, 5.74) is 1.76. The van der Waals surface area contributed by atoms with Gasteiger partial charge in [-0.25, -0.2) is 4.79 Å². The van der Waals surface area contributed by atoms with E-state index in [4.69, 9.17) is 16.3 Å². The number of amides is 1. The Hall–Kier alpha value is -1.59. The molecule has 2 aromatic rings. The molecule has 0 N–H and O–H groups in total. The lowest BCUT2D eigenvalue weighted by Gasteiger charge is -2.29. The first-order chi connectivity index (χ1) is 10.8. The molecule has 0 atom stereocenters. The molecule has 3 rings (SSSR count). The van der Waals surface area contributed by atoms with E-state index in [1.165, 1.54) is 10.5 Å². The number of hydrogen-bond donors (Lipinski definition) is 0. The van der Waals surface area contributed by atoms with Crippen molar-refractivity contribution in [3.8, 4) is 0 Å². The predicted octanol–water partition coefficient (Wildman–Crippen LogP) is 4.97. The Kier molecular flexibility index (Phi) is 4.34. The van der Waals surface area contributed by atoms with Gasteiger partial charge in [0, 0.05) is 24.2 Å². The van der Waals surface area contributed by atoms with Crippen molar-refractivity contribution in [1.29, 1.82) is 0 Å². The molecule has 0 saturated heterocycles. The summed E-state index contributed by atoms with van der Waals surface area (Å²) in [6.07, 6.45) is 4.33. The van der Waals surface area contributed by atoms with Gasteiger partial charge in [-0.3, -0.25) is 4.98 Å². The zero-order valence-electron chi connectivity index (χ0n) is 13.4. The van der Waals surface area contributed by atoms with Gasteiger partial charge in [-0.15, -0.1) is 11.3 Å². The highest BCUT2D eigenvalue weighted by molar-refractivity contribution is 7.20. The van der Waals surface area contributed by atoms with Gasteiger partial charge in [0.15, 0.2) is 0 Å². The summed E-state index contributed by atoms with van der Waals surface area (Å²) in [6, 6.07) is 4.03. The average molecular weight is 351 g/mol. The lowest BCUT2D eigenvalue weighted by Crippen LogP contribution is -2.39. The normalized spacial score (nSPS) is 15.7. The molecule has 4 nitrogen and oxygen atoms in total. The third kappa shape index (κ3) is 3.85. The van der Waals surface area contributed by atoms with Gasteiger partial charge in [-0.1, -0.05) is 17.7 Å². The highest BCUT2D eigenvalue weighted by Gasteiger charge is 2.24. The molecule has 23 heavy (non-hydrogen) atoms. The number of aromatic nitrogens is 1. The number of halogens is 1. The summed E-state index contributed by atoms with van der Waals surface area (Å²) in [5.74, 6) is 0. The third-order valence-corrected chi connectivity index (χ3v) is 4.87. The number of ether oxygens (including phenoxy) is 1. The first-order valence-electron chi connectivity index (χ1n) is 7.54. The molecule has 0 aromatic carbocycles. The second-order valence-electron chi connectivity index (χ2n) is 6.55. The molecule has 0 bridgehead atoms. The van der Waals surface area contributed by atoms with Crippen LogP contribution in [0, 0.1) is 0 Å². The van der Waals surface area contributed by atoms with E-state index in [-0.39, 0.29) is 6.09 Å². The average Bonchev–Trinajstić information content (AvgIpc) is 2.88. The van der Waals surface area contributed by atoms with Gasteiger partial charge in [-0.2, -0.15) is 0 Å². The molecule has 122 valence electrons. The number of rotatable bonds is 1. The molecular formula is C17H19ClN2O2S. The second kappa shape index (κ2) is 6.13. The molecule has 0 fully saturated rings. The zero-order valence-corrected chi connectivity index (χ0v) is 15.0. The molecule has 0 unspecified atom stereocenters. The van der Waals surface area contributed by atoms with Crippen molar-refractivity contribution in [2.24, 2.45) is 0 Å². The van der Waals surface area contributed by atoms with E-state index in [0.717, 1.165) is 16.6 Å². The SMILES string of the molecule is CC(C)(C)OC(=O)N1CC=C(c2cc3ncc(Cl)cc3s2)CC1. The van der Waals surface area contributed by atoms with Crippen LogP contribution in [-0.2, 0) is 4.74 Å². The van der Waals surface area contributed by atoms with Crippen LogP contribution in [0.25, 0.3) is 15.8 Å². The summed E-state index contributed by atoms with van der Waals surface area (Å²) in [7, 11) is 0. The summed E-state index contributed by atoms with van der Waals surface area (Å²) in [4.78, 5) is 19.4. The van der Waals surface area contributed by atoms with Crippen molar-refractivity contribution in [2.45, 2.75) is 32.8 Å². The van der Waals surface area contributed by atoms with Gasteiger partial charge in [0.1, 0.15) is 5.60 Å². The fourth-order valence-corrected chi connectivity index (χ4v) is 3.79. The van der Waals surface area contributed by atoms with E-state index in [2.05, 4.69) is 17.1 Å². The Balaban J connectivity index is 1.74. The number of pyridine rings is 1. The van der Waals surface area contributed by atoms with Crippen molar-refractivity contribution in [2.75, 3.05) is 13.1 Å². The van der Waals surface area contributed by atoms with Crippen LogP contribution < -0.4 is 0 Å². The van der Waals surface area contributed by atoms with Crippen LogP contribution in [0.5, 0.6) is 0 Å². The van der Waals surface area contributed by atoms with Gasteiger partial charge in [0.05, 0.1) is 15.2 Å². The number of carbonyl (C=O) groups is 1. The Morgan fingerprint density at radius 3 is 2.83 bits per heavy atom. The smallest absolute Gasteiger partial charge is 0.410 e. The van der Waals surface area contributed by atoms with Crippen molar-refractivity contribution in [3.63, 3.8) is 0 Å². The van der Waals surface area contributed by atoms with Crippen LogP contribution >= 0.6 is 22.9 Å². The molecule has 0 aliphatic carbocycles. The monoisotopic (exact) mass is 350 g/mol. The highest BCUT2D eigenvalue weighted by atomic mass is 35.5. The summed E-state index contributed by atoms with van der Waals surface area (Å²) in [5, 5.41) is 0.652. The molecule has 2 aromatic heterocycles. The van der Waals surface area contributed by atoms with Crippen LogP contribution in [0.2, 0.25) is 5.02 Å². The molecule has 1 amide bonds. The maximum atomic E-state index is 12.1. The molecule has 1 aliphatic rings. The van der Waals surface area contributed by atoms with Gasteiger partial charge in [-0.05, 0) is 44.9 Å². The molecule has 0 saturated carbocycles. The van der Waals surface area contributed by atoms with Crippen molar-refractivity contribution >= 4 is 44.8 Å². The number of nitrogens with zero attached hydrogens (tertiary/aromatic N) is 2. The fraction of sp³-hybridized carbons (Fsp3) is 0.412. The van der Waals surface area contributed by atoms with Crippen LogP contribution in [0.3, 0.4) is 0 Å². The number of carbonyl (C=O) groups excluding carboxylic acids is 1. The topological polar surface area (TPSA) is 42.4 Å². The third-order valence-electron chi connectivity index (χ3n) is 3.51.